The van der Waals surface area contributed by atoms with Gasteiger partial charge in [0.05, 0.1) is 21.5 Å². The van der Waals surface area contributed by atoms with Gasteiger partial charge in [0.25, 0.3) is 11.2 Å². The van der Waals surface area contributed by atoms with Crippen LogP contribution in [-0.4, -0.2) is 26.9 Å². The first-order chi connectivity index (χ1) is 19.3. The summed E-state index contributed by atoms with van der Waals surface area (Å²) in [5.74, 6) is -1.84. The highest BCUT2D eigenvalue weighted by atomic mass is 35.5. The number of aromatic carboxylic acids is 1. The Hall–Kier alpha value is -4.76. The van der Waals surface area contributed by atoms with E-state index in [1.54, 1.807) is 63.2 Å². The topological polar surface area (TPSA) is 156 Å². The molecule has 10 heteroatoms. The van der Waals surface area contributed by atoms with Gasteiger partial charge in [-0.2, -0.15) is 0 Å². The fraction of sp³-hybridized carbons (Fsp3) is 0.194. The normalized spacial score (nSPS) is 12.9. The van der Waals surface area contributed by atoms with E-state index in [0.717, 1.165) is 0 Å². The van der Waals surface area contributed by atoms with Crippen LogP contribution in [0.25, 0.3) is 22.3 Å². The molecule has 4 aromatic rings. The quantitative estimate of drug-likeness (QED) is 0.174. The molecule has 0 spiro atoms. The van der Waals surface area contributed by atoms with Crippen molar-refractivity contribution in [1.29, 1.82) is 0 Å². The molecule has 0 saturated carbocycles. The summed E-state index contributed by atoms with van der Waals surface area (Å²) in [6.07, 6.45) is 1.34. The van der Waals surface area contributed by atoms with Crippen LogP contribution >= 0.6 is 11.6 Å². The van der Waals surface area contributed by atoms with Crippen LogP contribution in [0.1, 0.15) is 42.3 Å². The average Bonchev–Trinajstić information content (AvgIpc) is 2.91. The van der Waals surface area contributed by atoms with E-state index in [4.69, 9.17) is 17.3 Å². The number of carbonyl (C=O) groups excluding carboxylic acids is 1. The number of carbonyl (C=O) groups is 2. The number of halogens is 1. The van der Waals surface area contributed by atoms with Gasteiger partial charge in [-0.1, -0.05) is 74.8 Å². The number of amides is 1. The number of nitrogens with one attached hydrogen (secondary N) is 1. The number of carboxylic acid groups (broad SMARTS) is 1. The van der Waals surface area contributed by atoms with E-state index in [0.29, 0.717) is 16.7 Å². The molecule has 4 N–H and O–H groups in total. The molecule has 3 aromatic carbocycles. The number of H-pyrrole nitrogens is 1. The Morgan fingerprint density at radius 3 is 2.22 bits per heavy atom. The molecule has 41 heavy (non-hydrogen) atoms. The number of hydrogen-bond acceptors (Lipinski definition) is 5. The van der Waals surface area contributed by atoms with Crippen molar-refractivity contribution in [2.45, 2.75) is 32.6 Å². The summed E-state index contributed by atoms with van der Waals surface area (Å²) >= 11 is 6.22. The minimum atomic E-state index is -1.63. The van der Waals surface area contributed by atoms with Crippen LogP contribution in [0.5, 0.6) is 0 Å². The Morgan fingerprint density at radius 2 is 1.63 bits per heavy atom. The maximum Gasteiger partial charge on any atom is 0.336 e. The van der Waals surface area contributed by atoms with Gasteiger partial charge in [-0.3, -0.25) is 19.7 Å². The fourth-order valence-electron chi connectivity index (χ4n) is 5.35. The molecule has 210 valence electrons. The molecule has 1 amide bonds. The van der Waals surface area contributed by atoms with Crippen LogP contribution in [0.15, 0.2) is 83.8 Å². The molecule has 1 aromatic heterocycles. The minimum Gasteiger partial charge on any atom is -0.478 e. The Bertz CT molecular complexity index is 1720. The molecule has 1 atom stereocenters. The second kappa shape index (κ2) is 11.0. The van der Waals surface area contributed by atoms with Crippen molar-refractivity contribution in [3.63, 3.8) is 0 Å². The minimum absolute atomic E-state index is 0.00864. The summed E-state index contributed by atoms with van der Waals surface area (Å²) in [5.41, 5.74) is 4.88. The zero-order chi connectivity index (χ0) is 30.1. The Morgan fingerprint density at radius 1 is 0.976 bits per heavy atom. The number of aromatic nitrogens is 1. The Balaban J connectivity index is 1.95. The van der Waals surface area contributed by atoms with Gasteiger partial charge in [-0.25, -0.2) is 4.79 Å². The smallest absolute Gasteiger partial charge is 0.336 e. The molecule has 0 aliphatic rings. The molecule has 1 unspecified atom stereocenters. The monoisotopic (exact) mass is 573 g/mol. The standard InChI is InChI=1S/C31H28ClN3O6/c1-30(2,3)31(29(33)39,17-18-8-10-19(11-9-18)21-6-4-5-7-23(21)28(37)38)26-22(14-15-34-27(26)36)24-16-20(32)12-13-25(24)35(40)41/h4-16H,17H2,1-3H3,(H2,33,39)(H,34,36)(H,37,38). The van der Waals surface area contributed by atoms with Crippen LogP contribution < -0.4 is 11.3 Å². The van der Waals surface area contributed by atoms with Gasteiger partial charge in [0.15, 0.2) is 0 Å². The fourth-order valence-corrected chi connectivity index (χ4v) is 5.52. The number of nitrogens with zero attached hydrogens (tertiary/aromatic N) is 1. The van der Waals surface area contributed by atoms with Crippen molar-refractivity contribution >= 4 is 29.2 Å². The van der Waals surface area contributed by atoms with Crippen LogP contribution in [-0.2, 0) is 16.6 Å². The van der Waals surface area contributed by atoms with Crippen LogP contribution in [0.4, 0.5) is 5.69 Å². The molecular formula is C31H28ClN3O6. The Labute approximate surface area is 240 Å². The number of nitro benzene ring substituents is 1. The Kier molecular flexibility index (Phi) is 7.85. The highest BCUT2D eigenvalue weighted by Gasteiger charge is 2.52. The zero-order valence-electron chi connectivity index (χ0n) is 22.6. The van der Waals surface area contributed by atoms with Gasteiger partial charge >= 0.3 is 5.97 Å². The van der Waals surface area contributed by atoms with Crippen LogP contribution in [0, 0.1) is 15.5 Å². The molecular weight excluding hydrogens is 546 g/mol. The summed E-state index contributed by atoms with van der Waals surface area (Å²) in [6.45, 7) is 5.33. The lowest BCUT2D eigenvalue weighted by atomic mass is 9.58. The van der Waals surface area contributed by atoms with Crippen molar-refractivity contribution in [2.24, 2.45) is 11.1 Å². The highest BCUT2D eigenvalue weighted by Crippen LogP contribution is 2.47. The second-order valence-electron chi connectivity index (χ2n) is 10.8. The second-order valence-corrected chi connectivity index (χ2v) is 11.2. The van der Waals surface area contributed by atoms with E-state index in [1.165, 1.54) is 36.5 Å². The number of nitrogens with two attached hydrogens (primary N) is 1. The summed E-state index contributed by atoms with van der Waals surface area (Å²) in [4.78, 5) is 52.8. The number of nitro groups is 1. The first-order valence-corrected chi connectivity index (χ1v) is 13.0. The van der Waals surface area contributed by atoms with Gasteiger partial charge in [0.1, 0.15) is 0 Å². The van der Waals surface area contributed by atoms with Crippen molar-refractivity contribution in [3.05, 3.63) is 121 Å². The van der Waals surface area contributed by atoms with E-state index in [9.17, 15) is 29.6 Å². The summed E-state index contributed by atoms with van der Waals surface area (Å²) in [6, 6.07) is 19.1. The van der Waals surface area contributed by atoms with Gasteiger partial charge in [-0.05, 0) is 58.4 Å². The van der Waals surface area contributed by atoms with E-state index in [2.05, 4.69) is 4.98 Å². The number of primary amides is 1. The molecule has 0 aliphatic carbocycles. The van der Waals surface area contributed by atoms with E-state index < -0.39 is 33.2 Å². The third-order valence-corrected chi connectivity index (χ3v) is 7.66. The van der Waals surface area contributed by atoms with E-state index >= 15 is 0 Å². The zero-order valence-corrected chi connectivity index (χ0v) is 23.4. The predicted octanol–water partition coefficient (Wildman–Crippen LogP) is 5.98. The lowest BCUT2D eigenvalue weighted by Crippen LogP contribution is -2.55. The molecule has 0 saturated heterocycles. The largest absolute Gasteiger partial charge is 0.478 e. The molecule has 0 bridgehead atoms. The van der Waals surface area contributed by atoms with Gasteiger partial charge < -0.3 is 15.8 Å². The first-order valence-electron chi connectivity index (χ1n) is 12.7. The maximum absolute atomic E-state index is 13.6. The lowest BCUT2D eigenvalue weighted by molar-refractivity contribution is -0.384. The average molecular weight is 574 g/mol. The molecule has 9 nitrogen and oxygen atoms in total. The maximum atomic E-state index is 13.6. The number of aromatic amines is 1. The number of rotatable bonds is 8. The van der Waals surface area contributed by atoms with Crippen LogP contribution in [0.3, 0.4) is 0 Å². The lowest BCUT2D eigenvalue weighted by Gasteiger charge is -2.43. The number of benzene rings is 3. The molecule has 0 aliphatic heterocycles. The number of hydrogen-bond donors (Lipinski definition) is 3. The predicted molar refractivity (Wildman–Crippen MR) is 157 cm³/mol. The molecule has 0 radical (unpaired) electrons. The van der Waals surface area contributed by atoms with Crippen molar-refractivity contribution in [3.8, 4) is 22.3 Å². The van der Waals surface area contributed by atoms with Crippen LogP contribution in [0.2, 0.25) is 5.02 Å². The third-order valence-electron chi connectivity index (χ3n) is 7.43. The van der Waals surface area contributed by atoms with Crippen molar-refractivity contribution < 1.29 is 19.6 Å². The molecule has 1 heterocycles. The van der Waals surface area contributed by atoms with Crippen molar-refractivity contribution in [2.75, 3.05) is 0 Å². The SMILES string of the molecule is CC(C)(C)C(Cc1ccc(-c2ccccc2C(=O)O)cc1)(C(N)=O)c1c(-c2cc(Cl)ccc2[N+](=O)[O-])cc[nH]c1=O. The number of pyridine rings is 1. The third kappa shape index (κ3) is 5.36. The summed E-state index contributed by atoms with van der Waals surface area (Å²) < 4.78 is 0. The molecule has 0 fully saturated rings. The van der Waals surface area contributed by atoms with Gasteiger partial charge in [-0.15, -0.1) is 0 Å². The van der Waals surface area contributed by atoms with E-state index in [-0.39, 0.29) is 39.4 Å². The van der Waals surface area contributed by atoms with Crippen molar-refractivity contribution in [1.82, 2.24) is 4.98 Å². The van der Waals surface area contributed by atoms with Gasteiger partial charge in [0.2, 0.25) is 5.91 Å². The first kappa shape index (κ1) is 29.2. The van der Waals surface area contributed by atoms with E-state index in [1.807, 2.05) is 0 Å². The molecule has 4 rings (SSSR count). The van der Waals surface area contributed by atoms with Gasteiger partial charge in [0, 0.05) is 22.8 Å². The summed E-state index contributed by atoms with van der Waals surface area (Å²) in [7, 11) is 0. The number of carboxylic acids is 1. The summed E-state index contributed by atoms with van der Waals surface area (Å²) in [5, 5.41) is 21.7. The highest BCUT2D eigenvalue weighted by molar-refractivity contribution is 6.31.